The van der Waals surface area contributed by atoms with Crippen molar-refractivity contribution < 1.29 is 9.53 Å². The minimum absolute atomic E-state index is 0.312. The molecular formula is C17H15NO2. The summed E-state index contributed by atoms with van der Waals surface area (Å²) in [5, 5.41) is 0.908. The SMILES string of the molecule is COC(=O)c1c[nH]c2ccc(Cc3ccccc3)cc12. The zero-order chi connectivity index (χ0) is 13.9. The van der Waals surface area contributed by atoms with Gasteiger partial charge < -0.3 is 9.72 Å². The second kappa shape index (κ2) is 5.21. The normalized spacial score (nSPS) is 10.7. The average Bonchev–Trinajstić information content (AvgIpc) is 2.91. The number of fused-ring (bicyclic) bond motifs is 1. The Balaban J connectivity index is 1.99. The lowest BCUT2D eigenvalue weighted by Gasteiger charge is -2.03. The van der Waals surface area contributed by atoms with Crippen LogP contribution in [0.15, 0.2) is 54.7 Å². The van der Waals surface area contributed by atoms with E-state index in [1.165, 1.54) is 18.2 Å². The van der Waals surface area contributed by atoms with Crippen molar-refractivity contribution in [3.63, 3.8) is 0 Å². The summed E-state index contributed by atoms with van der Waals surface area (Å²) in [5.41, 5.74) is 3.95. The molecule has 1 N–H and O–H groups in total. The highest BCUT2D eigenvalue weighted by Gasteiger charge is 2.12. The van der Waals surface area contributed by atoms with Gasteiger partial charge in [-0.15, -0.1) is 0 Å². The molecule has 1 aromatic heterocycles. The Morgan fingerprint density at radius 1 is 1.10 bits per heavy atom. The molecule has 0 radical (unpaired) electrons. The van der Waals surface area contributed by atoms with Gasteiger partial charge in [-0.05, 0) is 29.7 Å². The highest BCUT2D eigenvalue weighted by atomic mass is 16.5. The van der Waals surface area contributed by atoms with Gasteiger partial charge in [-0.3, -0.25) is 0 Å². The number of carbonyl (C=O) groups is 1. The number of nitrogens with one attached hydrogen (secondary N) is 1. The van der Waals surface area contributed by atoms with Gasteiger partial charge in [0, 0.05) is 17.1 Å². The molecule has 3 rings (SSSR count). The average molecular weight is 265 g/mol. The molecule has 2 aromatic carbocycles. The third-order valence-corrected chi connectivity index (χ3v) is 3.40. The molecule has 0 spiro atoms. The number of aromatic amines is 1. The maximum Gasteiger partial charge on any atom is 0.340 e. The van der Waals surface area contributed by atoms with Crippen molar-refractivity contribution in [2.45, 2.75) is 6.42 Å². The zero-order valence-electron chi connectivity index (χ0n) is 11.2. The molecule has 100 valence electrons. The first-order valence-corrected chi connectivity index (χ1v) is 6.50. The van der Waals surface area contributed by atoms with Gasteiger partial charge in [-0.25, -0.2) is 4.79 Å². The molecule has 3 aromatic rings. The van der Waals surface area contributed by atoms with Gasteiger partial charge in [0.25, 0.3) is 0 Å². The lowest BCUT2D eigenvalue weighted by atomic mass is 10.0. The van der Waals surface area contributed by atoms with E-state index in [-0.39, 0.29) is 5.97 Å². The predicted molar refractivity (Wildman–Crippen MR) is 78.9 cm³/mol. The molecule has 0 unspecified atom stereocenters. The van der Waals surface area contributed by atoms with E-state index in [9.17, 15) is 4.79 Å². The van der Waals surface area contributed by atoms with E-state index in [4.69, 9.17) is 4.74 Å². The molecule has 0 aliphatic carbocycles. The first-order chi connectivity index (χ1) is 9.78. The highest BCUT2D eigenvalue weighted by molar-refractivity contribution is 6.04. The second-order valence-electron chi connectivity index (χ2n) is 4.74. The molecule has 3 heteroatoms. The van der Waals surface area contributed by atoms with Crippen LogP contribution < -0.4 is 0 Å². The van der Waals surface area contributed by atoms with Crippen molar-refractivity contribution in [2.24, 2.45) is 0 Å². The van der Waals surface area contributed by atoms with Crippen LogP contribution in [0.4, 0.5) is 0 Å². The molecule has 0 fully saturated rings. The quantitative estimate of drug-likeness (QED) is 0.736. The largest absolute Gasteiger partial charge is 0.465 e. The molecule has 0 saturated heterocycles. The Hall–Kier alpha value is -2.55. The smallest absolute Gasteiger partial charge is 0.340 e. The fourth-order valence-corrected chi connectivity index (χ4v) is 2.39. The third-order valence-electron chi connectivity index (χ3n) is 3.40. The van der Waals surface area contributed by atoms with E-state index in [2.05, 4.69) is 23.2 Å². The van der Waals surface area contributed by atoms with Crippen LogP contribution in [-0.4, -0.2) is 18.1 Å². The van der Waals surface area contributed by atoms with Gasteiger partial charge in [0.15, 0.2) is 0 Å². The van der Waals surface area contributed by atoms with Crippen molar-refractivity contribution in [3.8, 4) is 0 Å². The van der Waals surface area contributed by atoms with E-state index >= 15 is 0 Å². The van der Waals surface area contributed by atoms with Crippen LogP contribution >= 0.6 is 0 Å². The molecule has 0 bridgehead atoms. The number of ether oxygens (including phenoxy) is 1. The lowest BCUT2D eigenvalue weighted by molar-refractivity contribution is 0.0603. The molecular weight excluding hydrogens is 250 g/mol. The minimum Gasteiger partial charge on any atom is -0.465 e. The molecule has 0 aliphatic heterocycles. The summed E-state index contributed by atoms with van der Waals surface area (Å²) in [5.74, 6) is -0.312. The Kier molecular flexibility index (Phi) is 3.25. The summed E-state index contributed by atoms with van der Waals surface area (Å²) < 4.78 is 4.80. The van der Waals surface area contributed by atoms with E-state index in [0.717, 1.165) is 17.3 Å². The summed E-state index contributed by atoms with van der Waals surface area (Å²) in [6, 6.07) is 16.4. The lowest BCUT2D eigenvalue weighted by Crippen LogP contribution is -1.99. The third kappa shape index (κ3) is 2.30. The summed E-state index contributed by atoms with van der Waals surface area (Å²) in [4.78, 5) is 14.8. The van der Waals surface area contributed by atoms with Crippen molar-refractivity contribution in [1.82, 2.24) is 4.98 Å². The Labute approximate surface area is 117 Å². The number of aromatic nitrogens is 1. The summed E-state index contributed by atoms with van der Waals surface area (Å²) >= 11 is 0. The van der Waals surface area contributed by atoms with E-state index < -0.39 is 0 Å². The van der Waals surface area contributed by atoms with Crippen LogP contribution in [0.1, 0.15) is 21.5 Å². The summed E-state index contributed by atoms with van der Waals surface area (Å²) in [7, 11) is 1.40. The van der Waals surface area contributed by atoms with Crippen LogP contribution in [0, 0.1) is 0 Å². The number of carbonyl (C=O) groups excluding carboxylic acids is 1. The number of H-pyrrole nitrogens is 1. The first kappa shape index (κ1) is 12.5. The van der Waals surface area contributed by atoms with Gasteiger partial charge in [0.05, 0.1) is 12.7 Å². The summed E-state index contributed by atoms with van der Waals surface area (Å²) in [6.45, 7) is 0. The van der Waals surface area contributed by atoms with Gasteiger partial charge >= 0.3 is 5.97 Å². The number of esters is 1. The van der Waals surface area contributed by atoms with Crippen molar-refractivity contribution in [1.29, 1.82) is 0 Å². The van der Waals surface area contributed by atoms with E-state index in [1.807, 2.05) is 30.3 Å². The number of hydrogen-bond acceptors (Lipinski definition) is 2. The molecule has 1 heterocycles. The van der Waals surface area contributed by atoms with Gasteiger partial charge in [-0.2, -0.15) is 0 Å². The molecule has 0 atom stereocenters. The Morgan fingerprint density at radius 3 is 2.65 bits per heavy atom. The predicted octanol–water partition coefficient (Wildman–Crippen LogP) is 3.55. The Morgan fingerprint density at radius 2 is 1.90 bits per heavy atom. The van der Waals surface area contributed by atoms with Gasteiger partial charge in [-0.1, -0.05) is 36.4 Å². The minimum atomic E-state index is -0.312. The first-order valence-electron chi connectivity index (χ1n) is 6.50. The van der Waals surface area contributed by atoms with Gasteiger partial charge in [0.2, 0.25) is 0 Å². The number of methoxy groups -OCH3 is 1. The molecule has 0 aliphatic rings. The number of benzene rings is 2. The van der Waals surface area contributed by atoms with Crippen LogP contribution in [0.5, 0.6) is 0 Å². The van der Waals surface area contributed by atoms with Crippen molar-refractivity contribution in [2.75, 3.05) is 7.11 Å². The second-order valence-corrected chi connectivity index (χ2v) is 4.74. The molecule has 0 saturated carbocycles. The zero-order valence-corrected chi connectivity index (χ0v) is 11.2. The standard InChI is InChI=1S/C17H15NO2/c1-20-17(19)15-11-18-16-8-7-13(10-14(15)16)9-12-5-3-2-4-6-12/h2-8,10-11,18H,9H2,1H3. The maximum atomic E-state index is 11.7. The maximum absolute atomic E-state index is 11.7. The van der Waals surface area contributed by atoms with Crippen LogP contribution in [0.2, 0.25) is 0 Å². The van der Waals surface area contributed by atoms with Crippen LogP contribution in [0.3, 0.4) is 0 Å². The topological polar surface area (TPSA) is 42.1 Å². The number of hydrogen-bond donors (Lipinski definition) is 1. The fraction of sp³-hybridized carbons (Fsp3) is 0.118. The van der Waals surface area contributed by atoms with Gasteiger partial charge in [0.1, 0.15) is 0 Å². The van der Waals surface area contributed by atoms with E-state index in [1.54, 1.807) is 6.20 Å². The monoisotopic (exact) mass is 265 g/mol. The molecule has 3 nitrogen and oxygen atoms in total. The summed E-state index contributed by atoms with van der Waals surface area (Å²) in [6.07, 6.45) is 2.55. The number of rotatable bonds is 3. The Bertz CT molecular complexity index is 744. The van der Waals surface area contributed by atoms with Crippen LogP contribution in [-0.2, 0) is 11.2 Å². The fourth-order valence-electron chi connectivity index (χ4n) is 2.39. The highest BCUT2D eigenvalue weighted by Crippen LogP contribution is 2.22. The van der Waals surface area contributed by atoms with Crippen molar-refractivity contribution >= 4 is 16.9 Å². The molecule has 20 heavy (non-hydrogen) atoms. The van der Waals surface area contributed by atoms with Crippen LogP contribution in [0.25, 0.3) is 10.9 Å². The molecule has 0 amide bonds. The van der Waals surface area contributed by atoms with E-state index in [0.29, 0.717) is 5.56 Å². The van der Waals surface area contributed by atoms with Crippen molar-refractivity contribution in [3.05, 3.63) is 71.4 Å².